The number of benzene rings is 1. The van der Waals surface area contributed by atoms with Crippen molar-refractivity contribution in [2.75, 3.05) is 13.7 Å². The van der Waals surface area contributed by atoms with Gasteiger partial charge in [-0.15, -0.1) is 0 Å². The Balaban J connectivity index is 1.53. The summed E-state index contributed by atoms with van der Waals surface area (Å²) < 4.78 is 20.6. The first kappa shape index (κ1) is 20.5. The lowest BCUT2D eigenvalue weighted by molar-refractivity contribution is 0.0916. The van der Waals surface area contributed by atoms with Crippen LogP contribution in [0.4, 0.5) is 4.39 Å². The zero-order valence-corrected chi connectivity index (χ0v) is 16.8. The highest BCUT2D eigenvalue weighted by Crippen LogP contribution is 2.38. The van der Waals surface area contributed by atoms with Gasteiger partial charge in [0.05, 0.1) is 22.8 Å². The third-order valence-corrected chi connectivity index (χ3v) is 5.42. The van der Waals surface area contributed by atoms with E-state index < -0.39 is 11.4 Å². The van der Waals surface area contributed by atoms with Gasteiger partial charge in [0.15, 0.2) is 5.82 Å². The SMILES string of the molecule is COCCC1(NC(=O)c2ccc(-n3[nH]cc(-c4ccc(C#N)cc4F)c3=O)nc2)CC1. The van der Waals surface area contributed by atoms with Crippen molar-refractivity contribution in [2.24, 2.45) is 0 Å². The maximum atomic E-state index is 14.3. The van der Waals surface area contributed by atoms with Crippen molar-refractivity contribution >= 4 is 5.91 Å². The molecule has 2 N–H and O–H groups in total. The van der Waals surface area contributed by atoms with Crippen LogP contribution in [0.25, 0.3) is 16.9 Å². The van der Waals surface area contributed by atoms with Crippen LogP contribution in [0.15, 0.2) is 47.5 Å². The molecule has 0 bridgehead atoms. The second-order valence-corrected chi connectivity index (χ2v) is 7.52. The van der Waals surface area contributed by atoms with Gasteiger partial charge in [0.1, 0.15) is 5.82 Å². The highest BCUT2D eigenvalue weighted by Gasteiger charge is 2.43. The molecule has 1 amide bonds. The molecule has 2 heterocycles. The fraction of sp³-hybridized carbons (Fsp3) is 0.273. The van der Waals surface area contributed by atoms with Gasteiger partial charge in [0.2, 0.25) is 0 Å². The van der Waals surface area contributed by atoms with E-state index in [1.54, 1.807) is 19.2 Å². The van der Waals surface area contributed by atoms with Crippen LogP contribution in [0.3, 0.4) is 0 Å². The molecule has 1 fully saturated rings. The molecule has 1 aliphatic rings. The predicted molar refractivity (Wildman–Crippen MR) is 110 cm³/mol. The minimum atomic E-state index is -0.662. The molecule has 0 aliphatic heterocycles. The fourth-order valence-corrected chi connectivity index (χ4v) is 3.39. The Bertz CT molecular complexity index is 1220. The largest absolute Gasteiger partial charge is 0.385 e. The molecule has 0 spiro atoms. The number of carbonyl (C=O) groups is 1. The number of aromatic nitrogens is 3. The molecule has 1 aromatic carbocycles. The minimum absolute atomic E-state index is 0.0841. The van der Waals surface area contributed by atoms with Gasteiger partial charge in [0, 0.05) is 37.2 Å². The number of pyridine rings is 1. The first-order chi connectivity index (χ1) is 15.0. The number of nitriles is 1. The summed E-state index contributed by atoms with van der Waals surface area (Å²) in [5.41, 5.74) is 0.0423. The molecule has 8 nitrogen and oxygen atoms in total. The molecule has 0 atom stereocenters. The van der Waals surface area contributed by atoms with Crippen LogP contribution in [-0.2, 0) is 4.74 Å². The molecule has 4 rings (SSSR count). The summed E-state index contributed by atoms with van der Waals surface area (Å²) in [6, 6.07) is 8.89. The predicted octanol–water partition coefficient (Wildman–Crippen LogP) is 2.54. The van der Waals surface area contributed by atoms with E-state index >= 15 is 0 Å². The molecule has 9 heteroatoms. The molecule has 3 aromatic rings. The summed E-state index contributed by atoms with van der Waals surface area (Å²) in [4.78, 5) is 29.5. The number of amides is 1. The number of methoxy groups -OCH3 is 1. The Kier molecular flexibility index (Phi) is 5.40. The highest BCUT2D eigenvalue weighted by molar-refractivity contribution is 5.94. The number of rotatable bonds is 7. The van der Waals surface area contributed by atoms with Crippen LogP contribution < -0.4 is 10.9 Å². The molecular formula is C22H20FN5O3. The first-order valence-corrected chi connectivity index (χ1v) is 9.75. The van der Waals surface area contributed by atoms with Gasteiger partial charge < -0.3 is 10.1 Å². The number of aromatic amines is 1. The van der Waals surface area contributed by atoms with Gasteiger partial charge in [-0.25, -0.2) is 14.1 Å². The molecule has 31 heavy (non-hydrogen) atoms. The van der Waals surface area contributed by atoms with E-state index in [9.17, 15) is 14.0 Å². The average Bonchev–Trinajstić information content (AvgIpc) is 3.44. The Morgan fingerprint density at radius 3 is 2.77 bits per heavy atom. The number of halogens is 1. The summed E-state index contributed by atoms with van der Waals surface area (Å²) >= 11 is 0. The number of ether oxygens (including phenoxy) is 1. The third-order valence-electron chi connectivity index (χ3n) is 5.42. The monoisotopic (exact) mass is 421 g/mol. The van der Waals surface area contributed by atoms with Crippen LogP contribution in [0.2, 0.25) is 0 Å². The zero-order valence-electron chi connectivity index (χ0n) is 16.8. The van der Waals surface area contributed by atoms with E-state index in [1.807, 2.05) is 6.07 Å². The maximum Gasteiger partial charge on any atom is 0.280 e. The Labute approximate surface area is 177 Å². The number of hydrogen-bond donors (Lipinski definition) is 2. The maximum absolute atomic E-state index is 14.3. The lowest BCUT2D eigenvalue weighted by atomic mass is 10.1. The number of nitrogens with one attached hydrogen (secondary N) is 2. The highest BCUT2D eigenvalue weighted by atomic mass is 19.1. The van der Waals surface area contributed by atoms with Crippen LogP contribution in [0.1, 0.15) is 35.2 Å². The minimum Gasteiger partial charge on any atom is -0.385 e. The quantitative estimate of drug-likeness (QED) is 0.609. The molecule has 0 radical (unpaired) electrons. The molecule has 1 aliphatic carbocycles. The molecule has 1 saturated carbocycles. The van der Waals surface area contributed by atoms with Crippen LogP contribution >= 0.6 is 0 Å². The zero-order chi connectivity index (χ0) is 22.0. The smallest absolute Gasteiger partial charge is 0.280 e. The molecular weight excluding hydrogens is 401 g/mol. The van der Waals surface area contributed by atoms with Crippen LogP contribution in [-0.4, -0.2) is 39.9 Å². The normalized spacial score (nSPS) is 14.1. The van der Waals surface area contributed by atoms with Gasteiger partial charge in [-0.05, 0) is 49.6 Å². The molecule has 158 valence electrons. The fourth-order valence-electron chi connectivity index (χ4n) is 3.39. The number of carbonyl (C=O) groups excluding carboxylic acids is 1. The number of hydrogen-bond acceptors (Lipinski definition) is 5. The van der Waals surface area contributed by atoms with Gasteiger partial charge in [-0.2, -0.15) is 5.26 Å². The van der Waals surface area contributed by atoms with Crippen molar-refractivity contribution in [1.82, 2.24) is 20.1 Å². The first-order valence-electron chi connectivity index (χ1n) is 9.75. The Morgan fingerprint density at radius 2 is 2.16 bits per heavy atom. The van der Waals surface area contributed by atoms with E-state index in [0.29, 0.717) is 12.2 Å². The summed E-state index contributed by atoms with van der Waals surface area (Å²) in [7, 11) is 1.63. The van der Waals surface area contributed by atoms with E-state index in [0.717, 1.165) is 30.0 Å². The van der Waals surface area contributed by atoms with Gasteiger partial charge >= 0.3 is 0 Å². The lowest BCUT2D eigenvalue weighted by Gasteiger charge is -2.16. The molecule has 0 saturated heterocycles. The summed E-state index contributed by atoms with van der Waals surface area (Å²) in [5, 5.41) is 14.7. The van der Waals surface area contributed by atoms with E-state index in [-0.39, 0.29) is 34.0 Å². The third kappa shape index (κ3) is 4.11. The molecule has 2 aromatic heterocycles. The van der Waals surface area contributed by atoms with E-state index in [2.05, 4.69) is 15.4 Å². The van der Waals surface area contributed by atoms with Crippen molar-refractivity contribution in [1.29, 1.82) is 5.26 Å². The van der Waals surface area contributed by atoms with Gasteiger partial charge in [0.25, 0.3) is 11.5 Å². The second kappa shape index (κ2) is 8.16. The van der Waals surface area contributed by atoms with Crippen LogP contribution in [0, 0.1) is 17.1 Å². The number of nitrogens with zero attached hydrogens (tertiary/aromatic N) is 3. The Morgan fingerprint density at radius 1 is 1.35 bits per heavy atom. The van der Waals surface area contributed by atoms with Gasteiger partial charge in [-0.3, -0.25) is 14.7 Å². The topological polar surface area (TPSA) is 113 Å². The van der Waals surface area contributed by atoms with Crippen molar-refractivity contribution in [3.8, 4) is 23.0 Å². The standard InChI is InChI=1S/C22H20FN5O3/c1-31-9-8-22(6-7-22)27-20(29)15-3-5-19(25-12-15)28-21(30)17(13-26-28)16-4-2-14(11-24)10-18(16)23/h2-5,10,12-13,26H,6-9H2,1H3,(H,27,29). The summed E-state index contributed by atoms with van der Waals surface area (Å²) in [5.74, 6) is -0.626. The van der Waals surface area contributed by atoms with Crippen LogP contribution in [0.5, 0.6) is 0 Å². The average molecular weight is 421 g/mol. The second-order valence-electron chi connectivity index (χ2n) is 7.52. The van der Waals surface area contributed by atoms with Crippen molar-refractivity contribution in [2.45, 2.75) is 24.8 Å². The van der Waals surface area contributed by atoms with E-state index in [4.69, 9.17) is 10.00 Å². The number of H-pyrrole nitrogens is 1. The van der Waals surface area contributed by atoms with Gasteiger partial charge in [-0.1, -0.05) is 0 Å². The van der Waals surface area contributed by atoms with Crippen molar-refractivity contribution < 1.29 is 13.9 Å². The molecule has 0 unspecified atom stereocenters. The Hall–Kier alpha value is -3.77. The van der Waals surface area contributed by atoms with Crippen molar-refractivity contribution in [3.05, 3.63) is 70.0 Å². The van der Waals surface area contributed by atoms with E-state index in [1.165, 1.54) is 24.5 Å². The summed E-state index contributed by atoms with van der Waals surface area (Å²) in [6.07, 6.45) is 5.36. The van der Waals surface area contributed by atoms with Crippen molar-refractivity contribution in [3.63, 3.8) is 0 Å². The lowest BCUT2D eigenvalue weighted by Crippen LogP contribution is -2.37. The summed E-state index contributed by atoms with van der Waals surface area (Å²) in [6.45, 7) is 0.579.